The summed E-state index contributed by atoms with van der Waals surface area (Å²) in [5, 5.41) is 3.45. The molecule has 0 saturated heterocycles. The number of nitrogens with one attached hydrogen (secondary N) is 1. The zero-order valence-corrected chi connectivity index (χ0v) is 11.1. The molecule has 1 N–H and O–H groups in total. The second kappa shape index (κ2) is 5.17. The Morgan fingerprint density at radius 2 is 1.89 bits per heavy atom. The monoisotopic (exact) mass is 241 g/mol. The second-order valence-electron chi connectivity index (χ2n) is 5.35. The third kappa shape index (κ3) is 3.06. The Hall–Kier alpha value is -1.90. The van der Waals surface area contributed by atoms with Gasteiger partial charge in [-0.15, -0.1) is 0 Å². The summed E-state index contributed by atoms with van der Waals surface area (Å²) in [7, 11) is 0. The number of para-hydroxylation sites is 1. The molecule has 94 valence electrons. The van der Waals surface area contributed by atoms with Crippen LogP contribution in [0.5, 0.6) is 0 Å². The highest BCUT2D eigenvalue weighted by Gasteiger charge is 2.16. The van der Waals surface area contributed by atoms with E-state index in [-0.39, 0.29) is 5.41 Å². The molecule has 0 bridgehead atoms. The lowest BCUT2D eigenvalue weighted by Crippen LogP contribution is -2.15. The molecule has 0 radical (unpaired) electrons. The topological polar surface area (TPSA) is 37.8 Å². The first-order valence-corrected chi connectivity index (χ1v) is 6.15. The summed E-state index contributed by atoms with van der Waals surface area (Å²) in [4.78, 5) is 8.13. The molecule has 0 aliphatic heterocycles. The molecule has 2 aromatic rings. The van der Waals surface area contributed by atoms with Gasteiger partial charge in [-0.2, -0.15) is 0 Å². The molecular formula is C15H19N3. The highest BCUT2D eigenvalue weighted by Crippen LogP contribution is 2.29. The number of benzene rings is 1. The summed E-state index contributed by atoms with van der Waals surface area (Å²) in [6, 6.07) is 10.3. The summed E-state index contributed by atoms with van der Waals surface area (Å²) in [5.41, 5.74) is 3.62. The van der Waals surface area contributed by atoms with Crippen molar-refractivity contribution in [3.63, 3.8) is 0 Å². The smallest absolute Gasteiger partial charge is 0.115 e. The molecule has 0 atom stereocenters. The van der Waals surface area contributed by atoms with Gasteiger partial charge in [0.05, 0.1) is 12.2 Å². The van der Waals surface area contributed by atoms with Crippen LogP contribution < -0.4 is 5.32 Å². The second-order valence-corrected chi connectivity index (χ2v) is 5.35. The largest absolute Gasteiger partial charge is 0.379 e. The van der Waals surface area contributed by atoms with Gasteiger partial charge in [0.1, 0.15) is 6.33 Å². The normalized spacial score (nSPS) is 11.3. The SMILES string of the molecule is CC(C)(C)c1ccccc1NCc1ccncn1. The van der Waals surface area contributed by atoms with E-state index in [0.29, 0.717) is 0 Å². The van der Waals surface area contributed by atoms with Crippen molar-refractivity contribution >= 4 is 5.69 Å². The van der Waals surface area contributed by atoms with Crippen LogP contribution >= 0.6 is 0 Å². The number of hydrogen-bond donors (Lipinski definition) is 1. The first-order valence-electron chi connectivity index (χ1n) is 6.15. The van der Waals surface area contributed by atoms with Crippen molar-refractivity contribution in [2.75, 3.05) is 5.32 Å². The fourth-order valence-electron chi connectivity index (χ4n) is 1.90. The molecule has 0 aliphatic carbocycles. The molecule has 0 saturated carbocycles. The predicted molar refractivity (Wildman–Crippen MR) is 74.5 cm³/mol. The van der Waals surface area contributed by atoms with Gasteiger partial charge in [-0.1, -0.05) is 39.0 Å². The van der Waals surface area contributed by atoms with E-state index in [1.54, 1.807) is 12.5 Å². The molecule has 0 fully saturated rings. The lowest BCUT2D eigenvalue weighted by molar-refractivity contribution is 0.591. The molecule has 0 unspecified atom stereocenters. The average molecular weight is 241 g/mol. The average Bonchev–Trinajstić information content (AvgIpc) is 2.37. The van der Waals surface area contributed by atoms with Gasteiger partial charge in [-0.3, -0.25) is 0 Å². The van der Waals surface area contributed by atoms with Crippen LogP contribution in [0.15, 0.2) is 42.9 Å². The van der Waals surface area contributed by atoms with Crippen LogP contribution in [0.4, 0.5) is 5.69 Å². The van der Waals surface area contributed by atoms with Crippen LogP contribution in [0.2, 0.25) is 0 Å². The van der Waals surface area contributed by atoms with E-state index in [0.717, 1.165) is 12.2 Å². The maximum atomic E-state index is 4.21. The molecule has 1 aromatic heterocycles. The third-order valence-electron chi connectivity index (χ3n) is 2.84. The Balaban J connectivity index is 2.15. The molecule has 0 spiro atoms. The van der Waals surface area contributed by atoms with E-state index in [1.165, 1.54) is 11.3 Å². The number of anilines is 1. The van der Waals surface area contributed by atoms with Crippen molar-refractivity contribution in [3.8, 4) is 0 Å². The minimum absolute atomic E-state index is 0.134. The van der Waals surface area contributed by atoms with Crippen molar-refractivity contribution < 1.29 is 0 Å². The molecular weight excluding hydrogens is 222 g/mol. The van der Waals surface area contributed by atoms with Crippen LogP contribution in [-0.4, -0.2) is 9.97 Å². The van der Waals surface area contributed by atoms with Gasteiger partial charge in [0.2, 0.25) is 0 Å². The van der Waals surface area contributed by atoms with E-state index in [1.807, 2.05) is 6.07 Å². The first kappa shape index (κ1) is 12.6. The minimum Gasteiger partial charge on any atom is -0.379 e. The van der Waals surface area contributed by atoms with Gasteiger partial charge in [0.25, 0.3) is 0 Å². The van der Waals surface area contributed by atoms with Gasteiger partial charge in [-0.05, 0) is 23.1 Å². The summed E-state index contributed by atoms with van der Waals surface area (Å²) in [5.74, 6) is 0. The van der Waals surface area contributed by atoms with E-state index >= 15 is 0 Å². The van der Waals surface area contributed by atoms with Crippen LogP contribution in [0.25, 0.3) is 0 Å². The molecule has 0 amide bonds. The highest BCUT2D eigenvalue weighted by molar-refractivity contribution is 5.54. The van der Waals surface area contributed by atoms with Crippen molar-refractivity contribution in [2.24, 2.45) is 0 Å². The Morgan fingerprint density at radius 1 is 1.11 bits per heavy atom. The van der Waals surface area contributed by atoms with Crippen molar-refractivity contribution in [2.45, 2.75) is 32.7 Å². The number of rotatable bonds is 3. The van der Waals surface area contributed by atoms with E-state index in [9.17, 15) is 0 Å². The maximum Gasteiger partial charge on any atom is 0.115 e. The van der Waals surface area contributed by atoms with Crippen molar-refractivity contribution in [3.05, 3.63) is 54.1 Å². The number of aromatic nitrogens is 2. The molecule has 18 heavy (non-hydrogen) atoms. The molecule has 3 nitrogen and oxygen atoms in total. The standard InChI is InChI=1S/C15H19N3/c1-15(2,3)13-6-4-5-7-14(13)17-10-12-8-9-16-11-18-12/h4-9,11,17H,10H2,1-3H3. The van der Waals surface area contributed by atoms with Crippen LogP contribution in [0.3, 0.4) is 0 Å². The van der Waals surface area contributed by atoms with Gasteiger partial charge >= 0.3 is 0 Å². The van der Waals surface area contributed by atoms with Gasteiger partial charge in [0, 0.05) is 11.9 Å². The van der Waals surface area contributed by atoms with E-state index in [2.05, 4.69) is 60.3 Å². The van der Waals surface area contributed by atoms with Gasteiger partial charge < -0.3 is 5.32 Å². The Bertz CT molecular complexity index is 501. The first-order chi connectivity index (χ1) is 8.57. The number of hydrogen-bond acceptors (Lipinski definition) is 3. The summed E-state index contributed by atoms with van der Waals surface area (Å²) in [6.07, 6.45) is 3.34. The van der Waals surface area contributed by atoms with Gasteiger partial charge in [-0.25, -0.2) is 9.97 Å². The highest BCUT2D eigenvalue weighted by atomic mass is 14.9. The molecule has 1 heterocycles. The van der Waals surface area contributed by atoms with E-state index < -0.39 is 0 Å². The zero-order valence-electron chi connectivity index (χ0n) is 11.1. The zero-order chi connectivity index (χ0) is 13.0. The van der Waals surface area contributed by atoms with Crippen LogP contribution in [0, 0.1) is 0 Å². The summed E-state index contributed by atoms with van der Waals surface area (Å²) < 4.78 is 0. The lowest BCUT2D eigenvalue weighted by Gasteiger charge is -2.23. The van der Waals surface area contributed by atoms with E-state index in [4.69, 9.17) is 0 Å². The van der Waals surface area contributed by atoms with Crippen LogP contribution in [0.1, 0.15) is 32.0 Å². The van der Waals surface area contributed by atoms with Crippen LogP contribution in [-0.2, 0) is 12.0 Å². The summed E-state index contributed by atoms with van der Waals surface area (Å²) >= 11 is 0. The predicted octanol–water partition coefficient (Wildman–Crippen LogP) is 3.39. The molecule has 0 aliphatic rings. The molecule has 3 heteroatoms. The lowest BCUT2D eigenvalue weighted by atomic mass is 9.86. The Morgan fingerprint density at radius 3 is 2.56 bits per heavy atom. The maximum absolute atomic E-state index is 4.21. The Kier molecular flexibility index (Phi) is 3.60. The number of nitrogens with zero attached hydrogens (tertiary/aromatic N) is 2. The fraction of sp³-hybridized carbons (Fsp3) is 0.333. The summed E-state index contributed by atoms with van der Waals surface area (Å²) in [6.45, 7) is 7.38. The Labute approximate surface area is 108 Å². The van der Waals surface area contributed by atoms with Gasteiger partial charge in [0.15, 0.2) is 0 Å². The quantitative estimate of drug-likeness (QED) is 0.895. The van der Waals surface area contributed by atoms with Crippen molar-refractivity contribution in [1.82, 2.24) is 9.97 Å². The molecule has 2 rings (SSSR count). The third-order valence-corrected chi connectivity index (χ3v) is 2.84. The minimum atomic E-state index is 0.134. The fourth-order valence-corrected chi connectivity index (χ4v) is 1.90. The molecule has 1 aromatic carbocycles. The van der Waals surface area contributed by atoms with Crippen molar-refractivity contribution in [1.29, 1.82) is 0 Å².